The van der Waals surface area contributed by atoms with E-state index in [2.05, 4.69) is 25.7 Å². The summed E-state index contributed by atoms with van der Waals surface area (Å²) < 4.78 is 41.5. The van der Waals surface area contributed by atoms with Crippen LogP contribution in [0, 0.1) is 0 Å². The van der Waals surface area contributed by atoms with Crippen molar-refractivity contribution >= 4 is 15.9 Å². The Labute approximate surface area is 80.9 Å². The molecule has 13 heavy (non-hydrogen) atoms. The van der Waals surface area contributed by atoms with Crippen molar-refractivity contribution in [1.82, 2.24) is 4.98 Å². The lowest BCUT2D eigenvalue weighted by atomic mass is 10.2. The number of alkyl halides is 3. The Morgan fingerprint density at radius 3 is 2.46 bits per heavy atom. The quantitative estimate of drug-likeness (QED) is 0.721. The van der Waals surface area contributed by atoms with E-state index in [0.717, 1.165) is 19.4 Å². The Hall–Kier alpha value is -0.780. The van der Waals surface area contributed by atoms with Crippen LogP contribution in [0.5, 0.6) is 5.75 Å². The Balaban J connectivity index is 3.29. The predicted octanol–water partition coefficient (Wildman–Crippen LogP) is 2.87. The second-order valence-corrected chi connectivity index (χ2v) is 2.93. The Morgan fingerprint density at radius 2 is 2.08 bits per heavy atom. The van der Waals surface area contributed by atoms with Gasteiger partial charge in [-0.15, -0.1) is 0 Å². The summed E-state index contributed by atoms with van der Waals surface area (Å²) in [7, 11) is 1.16. The van der Waals surface area contributed by atoms with Gasteiger partial charge in [-0.05, 0) is 22.0 Å². The topological polar surface area (TPSA) is 22.1 Å². The molecular formula is C7H5BrF3NO. The molecule has 1 rings (SSSR count). The van der Waals surface area contributed by atoms with Crippen molar-refractivity contribution in [2.24, 2.45) is 0 Å². The number of hydrogen-bond donors (Lipinski definition) is 0. The maximum atomic E-state index is 12.3. The first-order valence-corrected chi connectivity index (χ1v) is 4.02. The Morgan fingerprint density at radius 1 is 1.46 bits per heavy atom. The third-order valence-corrected chi connectivity index (χ3v) is 1.94. The molecule has 0 aliphatic carbocycles. The first kappa shape index (κ1) is 10.3. The number of aromatic nitrogens is 1. The summed E-state index contributed by atoms with van der Waals surface area (Å²) in [6.07, 6.45) is -3.35. The second-order valence-electron chi connectivity index (χ2n) is 2.18. The number of halogens is 4. The van der Waals surface area contributed by atoms with Crippen molar-refractivity contribution in [2.45, 2.75) is 6.18 Å². The van der Waals surface area contributed by atoms with E-state index < -0.39 is 11.7 Å². The summed E-state index contributed by atoms with van der Waals surface area (Å²) in [5, 5.41) is 0. The maximum absolute atomic E-state index is 12.3. The molecule has 0 aromatic carbocycles. The van der Waals surface area contributed by atoms with Crippen molar-refractivity contribution in [3.63, 3.8) is 0 Å². The van der Waals surface area contributed by atoms with E-state index in [1.54, 1.807) is 0 Å². The highest BCUT2D eigenvalue weighted by molar-refractivity contribution is 9.10. The van der Waals surface area contributed by atoms with Crippen molar-refractivity contribution in [2.75, 3.05) is 7.11 Å². The molecule has 0 N–H and O–H groups in total. The molecule has 72 valence electrons. The number of nitrogens with zero attached hydrogens (tertiary/aromatic N) is 1. The molecule has 0 atom stereocenters. The summed E-state index contributed by atoms with van der Waals surface area (Å²) in [4.78, 5) is 3.62. The molecule has 0 spiro atoms. The number of rotatable bonds is 1. The summed E-state index contributed by atoms with van der Waals surface area (Å²) in [6.45, 7) is 0. The summed E-state index contributed by atoms with van der Waals surface area (Å²) in [5.41, 5.74) is -0.836. The Kier molecular flexibility index (Phi) is 2.80. The molecule has 1 heterocycles. The van der Waals surface area contributed by atoms with Gasteiger partial charge in [-0.25, -0.2) is 4.98 Å². The molecule has 0 fully saturated rings. The van der Waals surface area contributed by atoms with Crippen LogP contribution >= 0.6 is 15.9 Å². The van der Waals surface area contributed by atoms with Crippen LogP contribution in [0.2, 0.25) is 0 Å². The minimum Gasteiger partial charge on any atom is -0.493 e. The van der Waals surface area contributed by atoms with Crippen LogP contribution in [0.15, 0.2) is 16.9 Å². The average molecular weight is 256 g/mol. The minimum absolute atomic E-state index is 0.0461. The molecule has 6 heteroatoms. The zero-order valence-corrected chi connectivity index (χ0v) is 8.11. The van der Waals surface area contributed by atoms with Crippen LogP contribution < -0.4 is 4.74 Å². The van der Waals surface area contributed by atoms with Crippen molar-refractivity contribution < 1.29 is 17.9 Å². The van der Waals surface area contributed by atoms with Crippen molar-refractivity contribution in [1.29, 1.82) is 0 Å². The molecule has 0 aliphatic heterocycles. The van der Waals surface area contributed by atoms with Crippen LogP contribution in [0.1, 0.15) is 5.56 Å². The smallest absolute Gasteiger partial charge is 0.420 e. The molecule has 0 bridgehead atoms. The normalized spacial score (nSPS) is 11.5. The monoisotopic (exact) mass is 255 g/mol. The van der Waals surface area contributed by atoms with E-state index in [-0.39, 0.29) is 10.4 Å². The van der Waals surface area contributed by atoms with Gasteiger partial charge in [0.1, 0.15) is 10.2 Å². The first-order chi connectivity index (χ1) is 5.96. The van der Waals surface area contributed by atoms with Gasteiger partial charge in [0, 0.05) is 6.20 Å². The predicted molar refractivity (Wildman–Crippen MR) is 43.5 cm³/mol. The van der Waals surface area contributed by atoms with Gasteiger partial charge >= 0.3 is 6.18 Å². The number of ether oxygens (including phenoxy) is 1. The molecule has 0 saturated carbocycles. The number of pyridine rings is 1. The fourth-order valence-corrected chi connectivity index (χ4v) is 1.33. The molecule has 0 amide bonds. The van der Waals surface area contributed by atoms with Gasteiger partial charge in [-0.1, -0.05) is 0 Å². The zero-order valence-electron chi connectivity index (χ0n) is 6.52. The molecule has 0 radical (unpaired) electrons. The van der Waals surface area contributed by atoms with Gasteiger partial charge in [0.15, 0.2) is 5.75 Å². The Bertz CT molecular complexity index is 313. The summed E-state index contributed by atoms with van der Waals surface area (Å²) in [6, 6.07) is 0.865. The van der Waals surface area contributed by atoms with Gasteiger partial charge in [-0.2, -0.15) is 13.2 Å². The first-order valence-electron chi connectivity index (χ1n) is 3.22. The van der Waals surface area contributed by atoms with E-state index in [4.69, 9.17) is 0 Å². The molecule has 0 unspecified atom stereocenters. The molecular weight excluding hydrogens is 251 g/mol. The van der Waals surface area contributed by atoms with Gasteiger partial charge in [-0.3, -0.25) is 0 Å². The largest absolute Gasteiger partial charge is 0.493 e. The van der Waals surface area contributed by atoms with Crippen molar-refractivity contribution in [3.8, 4) is 5.75 Å². The third kappa shape index (κ3) is 2.12. The highest BCUT2D eigenvalue weighted by Crippen LogP contribution is 2.38. The highest BCUT2D eigenvalue weighted by Gasteiger charge is 2.35. The third-order valence-electron chi connectivity index (χ3n) is 1.37. The fraction of sp³-hybridized carbons (Fsp3) is 0.286. The molecule has 1 aromatic rings. The summed E-state index contributed by atoms with van der Waals surface area (Å²) >= 11 is 2.86. The molecule has 0 saturated heterocycles. The fourth-order valence-electron chi connectivity index (χ4n) is 0.840. The van der Waals surface area contributed by atoms with Crippen LogP contribution in [0.3, 0.4) is 0 Å². The van der Waals surface area contributed by atoms with Crippen LogP contribution in [0.25, 0.3) is 0 Å². The number of hydrogen-bond acceptors (Lipinski definition) is 2. The average Bonchev–Trinajstić information content (AvgIpc) is 2.02. The summed E-state index contributed by atoms with van der Waals surface area (Å²) in [5.74, 6) is -0.296. The van der Waals surface area contributed by atoms with E-state index >= 15 is 0 Å². The molecule has 2 nitrogen and oxygen atoms in total. The van der Waals surface area contributed by atoms with Gasteiger partial charge < -0.3 is 4.74 Å². The van der Waals surface area contributed by atoms with Gasteiger partial charge in [0.2, 0.25) is 0 Å². The SMILES string of the molecule is COc1c(C(F)(F)F)ccnc1Br. The standard InChI is InChI=1S/C7H5BrF3NO/c1-13-5-4(7(9,10)11)2-3-12-6(5)8/h2-3H,1H3. The van der Waals surface area contributed by atoms with Gasteiger partial charge in [0.05, 0.1) is 7.11 Å². The van der Waals surface area contributed by atoms with Crippen LogP contribution in [0.4, 0.5) is 13.2 Å². The lowest BCUT2D eigenvalue weighted by molar-refractivity contribution is -0.138. The zero-order chi connectivity index (χ0) is 10.1. The van der Waals surface area contributed by atoms with E-state index in [1.807, 2.05) is 0 Å². The van der Waals surface area contributed by atoms with E-state index in [9.17, 15) is 13.2 Å². The second kappa shape index (κ2) is 3.53. The maximum Gasteiger partial charge on any atom is 0.420 e. The van der Waals surface area contributed by atoms with E-state index in [1.165, 1.54) is 0 Å². The number of methoxy groups -OCH3 is 1. The van der Waals surface area contributed by atoms with Crippen LogP contribution in [-0.4, -0.2) is 12.1 Å². The van der Waals surface area contributed by atoms with Crippen molar-refractivity contribution in [3.05, 3.63) is 22.4 Å². The highest BCUT2D eigenvalue weighted by atomic mass is 79.9. The minimum atomic E-state index is -4.42. The van der Waals surface area contributed by atoms with Gasteiger partial charge in [0.25, 0.3) is 0 Å². The van der Waals surface area contributed by atoms with Crippen LogP contribution in [-0.2, 0) is 6.18 Å². The lowest BCUT2D eigenvalue weighted by Gasteiger charge is -2.11. The molecule has 1 aromatic heterocycles. The van der Waals surface area contributed by atoms with E-state index in [0.29, 0.717) is 0 Å². The molecule has 0 aliphatic rings. The lowest BCUT2D eigenvalue weighted by Crippen LogP contribution is -2.08.